The quantitative estimate of drug-likeness (QED) is 0.702. The predicted molar refractivity (Wildman–Crippen MR) is 107 cm³/mol. The number of carbonyl (C=O) groups is 1. The maximum atomic E-state index is 12.2. The second kappa shape index (κ2) is 9.68. The predicted octanol–water partition coefficient (Wildman–Crippen LogP) is 0.611. The largest absolute Gasteiger partial charge is 0.453 e. The minimum Gasteiger partial charge on any atom is -0.453 e. The molecule has 2 aliphatic rings. The van der Waals surface area contributed by atoms with Crippen LogP contribution in [0.2, 0.25) is 0 Å². The van der Waals surface area contributed by atoms with Crippen LogP contribution >= 0.6 is 0 Å². The molecule has 11 heteroatoms. The highest BCUT2D eigenvalue weighted by Crippen LogP contribution is 2.23. The Bertz CT molecular complexity index is 770. The zero-order valence-electron chi connectivity index (χ0n) is 16.9. The second-order valence-electron chi connectivity index (χ2n) is 7.44. The van der Waals surface area contributed by atoms with E-state index in [1.54, 1.807) is 23.4 Å². The molecule has 3 heterocycles. The van der Waals surface area contributed by atoms with E-state index in [0.717, 1.165) is 32.2 Å². The molecule has 2 aliphatic heterocycles. The van der Waals surface area contributed by atoms with E-state index < -0.39 is 28.2 Å². The van der Waals surface area contributed by atoms with Crippen molar-refractivity contribution in [3.05, 3.63) is 18.5 Å². The molecule has 3 rings (SSSR count). The van der Waals surface area contributed by atoms with Crippen molar-refractivity contribution in [2.24, 2.45) is 0 Å². The van der Waals surface area contributed by atoms with Gasteiger partial charge >= 0.3 is 6.09 Å². The van der Waals surface area contributed by atoms with Gasteiger partial charge in [-0.3, -0.25) is 0 Å². The van der Waals surface area contributed by atoms with Crippen molar-refractivity contribution in [3.63, 3.8) is 0 Å². The Hall–Kier alpha value is -1.98. The number of nitrogens with zero attached hydrogens (tertiary/aromatic N) is 4. The molecule has 0 radical (unpaired) electrons. The SMILES string of the molecule is COC(=O)N1CCC[C@H](NS(C)(=O)=O)[C@@H]1COC1CCN(c2ncccn2)CC1. The Morgan fingerprint density at radius 3 is 2.52 bits per heavy atom. The van der Waals surface area contributed by atoms with Gasteiger partial charge in [-0.15, -0.1) is 0 Å². The fraction of sp³-hybridized carbons (Fsp3) is 0.722. The van der Waals surface area contributed by atoms with Crippen LogP contribution in [-0.4, -0.2) is 87.2 Å². The van der Waals surface area contributed by atoms with E-state index in [9.17, 15) is 13.2 Å². The van der Waals surface area contributed by atoms with Crippen molar-refractivity contribution in [2.75, 3.05) is 44.5 Å². The third-order valence-electron chi connectivity index (χ3n) is 5.33. The van der Waals surface area contributed by atoms with Gasteiger partial charge in [-0.1, -0.05) is 0 Å². The lowest BCUT2D eigenvalue weighted by atomic mass is 9.97. The van der Waals surface area contributed by atoms with Crippen molar-refractivity contribution in [3.8, 4) is 0 Å². The van der Waals surface area contributed by atoms with E-state index in [-0.39, 0.29) is 12.7 Å². The molecule has 10 nitrogen and oxygen atoms in total. The van der Waals surface area contributed by atoms with Gasteiger partial charge in [0.1, 0.15) is 0 Å². The number of nitrogens with one attached hydrogen (secondary N) is 1. The van der Waals surface area contributed by atoms with Gasteiger partial charge in [0.25, 0.3) is 0 Å². The van der Waals surface area contributed by atoms with Gasteiger partial charge in [0, 0.05) is 38.1 Å². The molecule has 0 saturated carbocycles. The van der Waals surface area contributed by atoms with Crippen LogP contribution in [-0.2, 0) is 19.5 Å². The molecule has 0 aliphatic carbocycles. The molecular weight excluding hydrogens is 398 g/mol. The van der Waals surface area contributed by atoms with Crippen LogP contribution in [0.4, 0.5) is 10.7 Å². The summed E-state index contributed by atoms with van der Waals surface area (Å²) in [5.41, 5.74) is 0. The third-order valence-corrected chi connectivity index (χ3v) is 6.06. The monoisotopic (exact) mass is 427 g/mol. The van der Waals surface area contributed by atoms with E-state index in [4.69, 9.17) is 9.47 Å². The van der Waals surface area contributed by atoms with Crippen LogP contribution in [0.5, 0.6) is 0 Å². The number of ether oxygens (including phenoxy) is 2. The van der Waals surface area contributed by atoms with Gasteiger partial charge in [-0.05, 0) is 31.7 Å². The lowest BCUT2D eigenvalue weighted by Gasteiger charge is -2.41. The highest BCUT2D eigenvalue weighted by Gasteiger charge is 2.37. The Morgan fingerprint density at radius 1 is 1.21 bits per heavy atom. The fourth-order valence-electron chi connectivity index (χ4n) is 3.93. The van der Waals surface area contributed by atoms with E-state index in [1.165, 1.54) is 7.11 Å². The molecule has 1 aromatic rings. The number of methoxy groups -OCH3 is 1. The minimum atomic E-state index is -3.40. The molecule has 2 saturated heterocycles. The standard InChI is InChI=1S/C18H29N5O5S/c1-27-18(24)23-10-3-5-15(21-29(2,25)26)16(23)13-28-14-6-11-22(12-7-14)17-19-8-4-9-20-17/h4,8-9,14-16,21H,3,5-7,10-13H2,1-2H3/t15-,16-/m0/s1. The van der Waals surface area contributed by atoms with Crippen LogP contribution in [0.1, 0.15) is 25.7 Å². The zero-order chi connectivity index (χ0) is 20.9. The van der Waals surface area contributed by atoms with E-state index in [1.807, 2.05) is 0 Å². The zero-order valence-corrected chi connectivity index (χ0v) is 17.7. The van der Waals surface area contributed by atoms with Gasteiger partial charge < -0.3 is 19.3 Å². The van der Waals surface area contributed by atoms with E-state index >= 15 is 0 Å². The number of amides is 1. The highest BCUT2D eigenvalue weighted by molar-refractivity contribution is 7.88. The van der Waals surface area contributed by atoms with Crippen LogP contribution in [0.3, 0.4) is 0 Å². The first-order valence-corrected chi connectivity index (χ1v) is 11.7. The summed E-state index contributed by atoms with van der Waals surface area (Å²) < 4.78 is 37.2. The molecule has 1 amide bonds. The maximum Gasteiger partial charge on any atom is 0.409 e. The van der Waals surface area contributed by atoms with Gasteiger partial charge in [-0.2, -0.15) is 0 Å². The lowest BCUT2D eigenvalue weighted by molar-refractivity contribution is -0.0181. The molecule has 0 unspecified atom stereocenters. The number of anilines is 1. The Morgan fingerprint density at radius 2 is 1.90 bits per heavy atom. The number of hydrogen-bond acceptors (Lipinski definition) is 8. The van der Waals surface area contributed by atoms with Crippen LogP contribution in [0, 0.1) is 0 Å². The molecule has 162 valence electrons. The third kappa shape index (κ3) is 6.00. The molecule has 2 atom stereocenters. The summed E-state index contributed by atoms with van der Waals surface area (Å²) in [6, 6.07) is 0.995. The van der Waals surface area contributed by atoms with Crippen LogP contribution in [0.15, 0.2) is 18.5 Å². The topological polar surface area (TPSA) is 114 Å². The molecule has 0 aromatic carbocycles. The number of likely N-dealkylation sites (tertiary alicyclic amines) is 1. The Labute approximate surface area is 171 Å². The average molecular weight is 428 g/mol. The molecule has 1 aromatic heterocycles. The first kappa shape index (κ1) is 21.7. The number of carbonyl (C=O) groups excluding carboxylic acids is 1. The molecule has 2 fully saturated rings. The van der Waals surface area contributed by atoms with Gasteiger partial charge in [0.15, 0.2) is 0 Å². The molecule has 1 N–H and O–H groups in total. The molecule has 0 spiro atoms. The summed E-state index contributed by atoms with van der Waals surface area (Å²) >= 11 is 0. The first-order chi connectivity index (χ1) is 13.9. The normalized spacial score (nSPS) is 23.8. The van der Waals surface area contributed by atoms with Crippen LogP contribution < -0.4 is 9.62 Å². The number of hydrogen-bond donors (Lipinski definition) is 1. The van der Waals surface area contributed by atoms with Crippen molar-refractivity contribution in [1.82, 2.24) is 19.6 Å². The van der Waals surface area contributed by atoms with Crippen LogP contribution in [0.25, 0.3) is 0 Å². The number of piperidine rings is 2. The molecule has 29 heavy (non-hydrogen) atoms. The summed E-state index contributed by atoms with van der Waals surface area (Å²) in [5.74, 6) is 0.715. The Balaban J connectivity index is 1.58. The van der Waals surface area contributed by atoms with Gasteiger partial charge in [0.2, 0.25) is 16.0 Å². The molecule has 0 bridgehead atoms. The van der Waals surface area contributed by atoms with Gasteiger partial charge in [0.05, 0.1) is 32.1 Å². The summed E-state index contributed by atoms with van der Waals surface area (Å²) in [7, 11) is -2.07. The smallest absolute Gasteiger partial charge is 0.409 e. The summed E-state index contributed by atoms with van der Waals surface area (Å²) in [6.07, 6.45) is 7.13. The number of rotatable bonds is 6. The maximum absolute atomic E-state index is 12.2. The summed E-state index contributed by atoms with van der Waals surface area (Å²) in [6.45, 7) is 2.34. The first-order valence-electron chi connectivity index (χ1n) is 9.83. The number of sulfonamides is 1. The van der Waals surface area contributed by atoms with E-state index in [2.05, 4.69) is 19.6 Å². The molecular formula is C18H29N5O5S. The van der Waals surface area contributed by atoms with Crippen molar-refractivity contribution >= 4 is 22.1 Å². The van der Waals surface area contributed by atoms with E-state index in [0.29, 0.717) is 25.3 Å². The second-order valence-corrected chi connectivity index (χ2v) is 9.22. The number of aromatic nitrogens is 2. The van der Waals surface area contributed by atoms with Crippen molar-refractivity contribution in [2.45, 2.75) is 43.9 Å². The Kier molecular flexibility index (Phi) is 7.25. The fourth-order valence-corrected chi connectivity index (χ4v) is 4.76. The van der Waals surface area contributed by atoms with Crippen molar-refractivity contribution < 1.29 is 22.7 Å². The highest BCUT2D eigenvalue weighted by atomic mass is 32.2. The van der Waals surface area contributed by atoms with Crippen molar-refractivity contribution in [1.29, 1.82) is 0 Å². The average Bonchev–Trinajstić information content (AvgIpc) is 2.72. The minimum absolute atomic E-state index is 0.0373. The lowest BCUT2D eigenvalue weighted by Crippen LogP contribution is -2.59. The summed E-state index contributed by atoms with van der Waals surface area (Å²) in [5, 5.41) is 0. The summed E-state index contributed by atoms with van der Waals surface area (Å²) in [4.78, 5) is 24.4. The van der Waals surface area contributed by atoms with Gasteiger partial charge in [-0.25, -0.2) is 27.9 Å².